The van der Waals surface area contributed by atoms with E-state index in [0.717, 1.165) is 12.1 Å². The van der Waals surface area contributed by atoms with E-state index in [0.29, 0.717) is 5.65 Å². The molecule has 2 heterocycles. The van der Waals surface area contributed by atoms with Crippen molar-refractivity contribution in [3.63, 3.8) is 0 Å². The number of halogens is 2. The molecule has 0 aliphatic carbocycles. The lowest BCUT2D eigenvalue weighted by Crippen LogP contribution is -2.03. The summed E-state index contributed by atoms with van der Waals surface area (Å²) >= 11 is 0. The third-order valence-corrected chi connectivity index (χ3v) is 3.01. The van der Waals surface area contributed by atoms with Gasteiger partial charge in [-0.3, -0.25) is 4.40 Å². The monoisotopic (exact) mass is 289 g/mol. The molecule has 0 bridgehead atoms. The smallest absolute Gasteiger partial charge is 0.339 e. The predicted octanol–water partition coefficient (Wildman–Crippen LogP) is 2.46. The van der Waals surface area contributed by atoms with E-state index in [9.17, 15) is 13.6 Å². The number of rotatable bonds is 2. The number of nitrogens with zero attached hydrogens (tertiary/aromatic N) is 3. The summed E-state index contributed by atoms with van der Waals surface area (Å²) in [5.74, 6) is -2.10. The maximum absolute atomic E-state index is 13.9. The first-order valence-corrected chi connectivity index (χ1v) is 5.99. The number of carbonyl (C=O) groups excluding carboxylic acids is 1. The summed E-state index contributed by atoms with van der Waals surface area (Å²) in [5, 5.41) is 7.63. The summed E-state index contributed by atoms with van der Waals surface area (Å²) in [7, 11) is 1.25. The Morgan fingerprint density at radius 3 is 2.52 bits per heavy atom. The second-order valence-electron chi connectivity index (χ2n) is 4.26. The summed E-state index contributed by atoms with van der Waals surface area (Å²) in [5.41, 5.74) is 0.287. The van der Waals surface area contributed by atoms with Gasteiger partial charge in [-0.2, -0.15) is 0 Å². The molecule has 21 heavy (non-hydrogen) atoms. The molecule has 2 aromatic heterocycles. The second kappa shape index (κ2) is 4.93. The topological polar surface area (TPSA) is 56.5 Å². The Kier molecular flexibility index (Phi) is 3.09. The highest BCUT2D eigenvalue weighted by Gasteiger charge is 2.18. The van der Waals surface area contributed by atoms with Gasteiger partial charge in [-0.05, 0) is 24.3 Å². The molecule has 3 rings (SSSR count). The zero-order valence-corrected chi connectivity index (χ0v) is 10.9. The van der Waals surface area contributed by atoms with Crippen LogP contribution in [0.15, 0.2) is 36.5 Å². The molecule has 0 aliphatic rings. The third kappa shape index (κ3) is 2.12. The zero-order chi connectivity index (χ0) is 15.0. The van der Waals surface area contributed by atoms with Crippen molar-refractivity contribution in [2.45, 2.75) is 0 Å². The first kappa shape index (κ1) is 13.2. The van der Waals surface area contributed by atoms with Crippen LogP contribution in [0.5, 0.6) is 0 Å². The molecule has 3 aromatic rings. The van der Waals surface area contributed by atoms with E-state index in [1.54, 1.807) is 0 Å². The molecule has 0 saturated carbocycles. The Balaban J connectivity index is 2.26. The number of benzene rings is 1. The molecule has 0 radical (unpaired) electrons. The summed E-state index contributed by atoms with van der Waals surface area (Å²) in [6.45, 7) is 0. The predicted molar refractivity (Wildman–Crippen MR) is 69.7 cm³/mol. The van der Waals surface area contributed by atoms with Crippen molar-refractivity contribution in [2.75, 3.05) is 7.11 Å². The van der Waals surface area contributed by atoms with E-state index in [2.05, 4.69) is 14.9 Å². The number of carbonyl (C=O) groups is 1. The van der Waals surface area contributed by atoms with Crippen LogP contribution in [-0.2, 0) is 4.74 Å². The number of hydrogen-bond acceptors (Lipinski definition) is 4. The van der Waals surface area contributed by atoms with Crippen molar-refractivity contribution in [3.05, 3.63) is 53.7 Å². The molecule has 0 fully saturated rings. The molecule has 0 saturated heterocycles. The molecule has 0 unspecified atom stereocenters. The van der Waals surface area contributed by atoms with Gasteiger partial charge in [0.25, 0.3) is 0 Å². The van der Waals surface area contributed by atoms with E-state index in [1.807, 2.05) is 0 Å². The van der Waals surface area contributed by atoms with Gasteiger partial charge in [0, 0.05) is 6.20 Å². The van der Waals surface area contributed by atoms with Crippen LogP contribution in [0, 0.1) is 11.6 Å². The van der Waals surface area contributed by atoms with Crippen LogP contribution in [0.25, 0.3) is 17.0 Å². The number of aromatic nitrogens is 3. The Labute approximate surface area is 117 Å². The van der Waals surface area contributed by atoms with Gasteiger partial charge < -0.3 is 4.74 Å². The number of ether oxygens (including phenoxy) is 1. The maximum Gasteiger partial charge on any atom is 0.339 e. The molecule has 0 aliphatic heterocycles. The van der Waals surface area contributed by atoms with Gasteiger partial charge in [-0.15, -0.1) is 10.2 Å². The lowest BCUT2D eigenvalue weighted by molar-refractivity contribution is 0.0600. The molecule has 5 nitrogen and oxygen atoms in total. The van der Waals surface area contributed by atoms with Crippen molar-refractivity contribution in [3.8, 4) is 11.4 Å². The fourth-order valence-electron chi connectivity index (χ4n) is 2.01. The fraction of sp³-hybridized carbons (Fsp3) is 0.0714. The molecule has 7 heteroatoms. The van der Waals surface area contributed by atoms with Crippen molar-refractivity contribution in [1.29, 1.82) is 0 Å². The fourth-order valence-corrected chi connectivity index (χ4v) is 2.01. The molecule has 0 spiro atoms. The number of pyridine rings is 1. The van der Waals surface area contributed by atoms with Gasteiger partial charge >= 0.3 is 5.97 Å². The van der Waals surface area contributed by atoms with E-state index >= 15 is 0 Å². The number of esters is 1. The number of hydrogen-bond donors (Lipinski definition) is 0. The highest BCUT2D eigenvalue weighted by Crippen LogP contribution is 2.25. The molecule has 0 atom stereocenters. The van der Waals surface area contributed by atoms with Gasteiger partial charge in [0.15, 0.2) is 11.5 Å². The Hall–Kier alpha value is -2.83. The van der Waals surface area contributed by atoms with Crippen LogP contribution in [0.4, 0.5) is 8.78 Å². The standard InChI is InChI=1S/C14H9F2N3O2/c1-21-14(20)8-5-6-11-17-18-13(19(11)7-8)12-9(15)3-2-4-10(12)16/h2-7H,1H3. The van der Waals surface area contributed by atoms with Crippen molar-refractivity contribution >= 4 is 11.6 Å². The van der Waals surface area contributed by atoms with Crippen LogP contribution < -0.4 is 0 Å². The first-order chi connectivity index (χ1) is 10.1. The Morgan fingerprint density at radius 2 is 1.86 bits per heavy atom. The summed E-state index contributed by atoms with van der Waals surface area (Å²) < 4.78 is 33.7. The molecule has 0 amide bonds. The average Bonchev–Trinajstić information content (AvgIpc) is 2.89. The van der Waals surface area contributed by atoms with Gasteiger partial charge in [-0.1, -0.05) is 6.07 Å². The average molecular weight is 289 g/mol. The summed E-state index contributed by atoms with van der Waals surface area (Å²) in [6.07, 6.45) is 1.38. The van der Waals surface area contributed by atoms with Crippen molar-refractivity contribution < 1.29 is 18.3 Å². The van der Waals surface area contributed by atoms with Crippen LogP contribution in [0.2, 0.25) is 0 Å². The van der Waals surface area contributed by atoms with Crippen LogP contribution >= 0.6 is 0 Å². The number of methoxy groups -OCH3 is 1. The van der Waals surface area contributed by atoms with Gasteiger partial charge in [0.05, 0.1) is 18.2 Å². The molecular formula is C14H9F2N3O2. The minimum atomic E-state index is -0.757. The van der Waals surface area contributed by atoms with Crippen molar-refractivity contribution in [1.82, 2.24) is 14.6 Å². The SMILES string of the molecule is COC(=O)c1ccc2nnc(-c3c(F)cccc3F)n2c1. The van der Waals surface area contributed by atoms with Gasteiger partial charge in [0.2, 0.25) is 0 Å². The third-order valence-electron chi connectivity index (χ3n) is 3.01. The highest BCUT2D eigenvalue weighted by atomic mass is 19.1. The zero-order valence-electron chi connectivity index (χ0n) is 10.9. The lowest BCUT2D eigenvalue weighted by atomic mass is 10.2. The normalized spacial score (nSPS) is 10.8. The van der Waals surface area contributed by atoms with Crippen LogP contribution in [0.1, 0.15) is 10.4 Å². The van der Waals surface area contributed by atoms with Gasteiger partial charge in [0.1, 0.15) is 11.6 Å². The number of fused-ring (bicyclic) bond motifs is 1. The first-order valence-electron chi connectivity index (χ1n) is 5.99. The minimum absolute atomic E-state index is 0.0219. The summed E-state index contributed by atoms with van der Waals surface area (Å²) in [6, 6.07) is 6.53. The molecule has 0 N–H and O–H groups in total. The second-order valence-corrected chi connectivity index (χ2v) is 4.26. The van der Waals surface area contributed by atoms with Crippen LogP contribution in [0.3, 0.4) is 0 Å². The molecule has 1 aromatic carbocycles. The largest absolute Gasteiger partial charge is 0.465 e. The van der Waals surface area contributed by atoms with Crippen molar-refractivity contribution in [2.24, 2.45) is 0 Å². The van der Waals surface area contributed by atoms with E-state index in [1.165, 1.54) is 35.9 Å². The van der Waals surface area contributed by atoms with E-state index in [-0.39, 0.29) is 17.0 Å². The van der Waals surface area contributed by atoms with E-state index in [4.69, 9.17) is 0 Å². The minimum Gasteiger partial charge on any atom is -0.465 e. The maximum atomic E-state index is 13.9. The van der Waals surface area contributed by atoms with Gasteiger partial charge in [-0.25, -0.2) is 13.6 Å². The summed E-state index contributed by atoms with van der Waals surface area (Å²) in [4.78, 5) is 11.5. The highest BCUT2D eigenvalue weighted by molar-refractivity contribution is 5.89. The van der Waals surface area contributed by atoms with E-state index < -0.39 is 17.6 Å². The quantitative estimate of drug-likeness (QED) is 0.680. The van der Waals surface area contributed by atoms with Crippen LogP contribution in [-0.4, -0.2) is 27.7 Å². The molecule has 106 valence electrons. The Bertz CT molecular complexity index is 825. The lowest BCUT2D eigenvalue weighted by Gasteiger charge is -2.04. The molecular weight excluding hydrogens is 280 g/mol. The Morgan fingerprint density at radius 1 is 1.14 bits per heavy atom.